The van der Waals surface area contributed by atoms with Gasteiger partial charge in [-0.15, -0.1) is 0 Å². The number of carbonyl (C=O) groups is 3. The molecule has 3 saturated carbocycles. The molecule has 3 aliphatic carbocycles. The molecule has 3 amide bonds. The summed E-state index contributed by atoms with van der Waals surface area (Å²) in [6.45, 7) is 9.09. The van der Waals surface area contributed by atoms with E-state index in [2.05, 4.69) is 75.6 Å². The first kappa shape index (κ1) is 37.8. The van der Waals surface area contributed by atoms with Crippen LogP contribution in [0.2, 0.25) is 0 Å². The third kappa shape index (κ3) is 9.21. The summed E-state index contributed by atoms with van der Waals surface area (Å²) in [5, 5.41) is 7.50. The Morgan fingerprint density at radius 2 is 1.65 bits per heavy atom. The van der Waals surface area contributed by atoms with Gasteiger partial charge in [0.05, 0.1) is 25.4 Å². The second-order valence-electron chi connectivity index (χ2n) is 17.0. The van der Waals surface area contributed by atoms with Gasteiger partial charge in [-0.3, -0.25) is 9.48 Å². The van der Waals surface area contributed by atoms with Gasteiger partial charge in [-0.1, -0.05) is 24.3 Å². The Labute approximate surface area is 319 Å². The Morgan fingerprint density at radius 1 is 0.907 bits per heavy atom. The Kier molecular flexibility index (Phi) is 11.2. The zero-order valence-electron chi connectivity index (χ0n) is 32.6. The van der Waals surface area contributed by atoms with E-state index in [0.29, 0.717) is 63.2 Å². The van der Waals surface area contributed by atoms with Crippen LogP contribution in [0.4, 0.5) is 15.3 Å². The van der Waals surface area contributed by atoms with Crippen LogP contribution in [0.1, 0.15) is 108 Å². The van der Waals surface area contributed by atoms with E-state index in [9.17, 15) is 14.4 Å². The molecular weight excluding hydrogens is 683 g/mol. The largest absolute Gasteiger partial charge is 0.496 e. The fraction of sp³-hybridized carbons (Fsp3) is 0.581. The SMILES string of the molecule is COc1ccc([C@H]2CC[C@H](CN(c3cccc(-c4cnn(C5CC5)c4)c3)C(=O)[C@H]3CC[C@H](OC(=O)NC4CN(C(=O)OC(C)(C)C)C4)CC3)CC2)cc1C. The fourth-order valence-corrected chi connectivity index (χ4v) is 8.34. The summed E-state index contributed by atoms with van der Waals surface area (Å²) in [5.41, 5.74) is 5.06. The van der Waals surface area contributed by atoms with Crippen molar-refractivity contribution >= 4 is 23.8 Å². The van der Waals surface area contributed by atoms with Crippen molar-refractivity contribution in [1.29, 1.82) is 0 Å². The molecule has 1 saturated heterocycles. The third-order valence-corrected chi connectivity index (χ3v) is 11.6. The van der Waals surface area contributed by atoms with Crippen molar-refractivity contribution in [3.63, 3.8) is 0 Å². The first-order valence-electron chi connectivity index (χ1n) is 20.0. The summed E-state index contributed by atoms with van der Waals surface area (Å²) < 4.78 is 18.8. The number of hydrogen-bond acceptors (Lipinski definition) is 7. The molecule has 11 heteroatoms. The molecule has 1 N–H and O–H groups in total. The number of anilines is 1. The lowest BCUT2D eigenvalue weighted by Crippen LogP contribution is -2.61. The van der Waals surface area contributed by atoms with E-state index in [1.165, 1.54) is 24.0 Å². The smallest absolute Gasteiger partial charge is 0.410 e. The van der Waals surface area contributed by atoms with Crippen molar-refractivity contribution in [2.45, 2.75) is 122 Å². The molecule has 2 heterocycles. The van der Waals surface area contributed by atoms with Crippen molar-refractivity contribution in [3.05, 3.63) is 66.0 Å². The molecule has 0 atom stereocenters. The van der Waals surface area contributed by atoms with Crippen LogP contribution in [0.5, 0.6) is 5.75 Å². The van der Waals surface area contributed by atoms with Crippen LogP contribution in [0.25, 0.3) is 11.1 Å². The number of likely N-dealkylation sites (tertiary alicyclic amines) is 1. The second kappa shape index (κ2) is 16.1. The molecule has 11 nitrogen and oxygen atoms in total. The van der Waals surface area contributed by atoms with Crippen LogP contribution in [0.15, 0.2) is 54.9 Å². The average molecular weight is 740 g/mol. The van der Waals surface area contributed by atoms with E-state index in [1.54, 1.807) is 12.0 Å². The van der Waals surface area contributed by atoms with Gasteiger partial charge in [0.25, 0.3) is 0 Å². The quantitative estimate of drug-likeness (QED) is 0.222. The Bertz CT molecular complexity index is 1790. The van der Waals surface area contributed by atoms with Gasteiger partial charge in [0.2, 0.25) is 5.91 Å². The number of aryl methyl sites for hydroxylation is 1. The highest BCUT2D eigenvalue weighted by Crippen LogP contribution is 2.40. The number of methoxy groups -OCH3 is 1. The van der Waals surface area contributed by atoms with Crippen molar-refractivity contribution in [2.75, 3.05) is 31.6 Å². The molecule has 0 bridgehead atoms. The van der Waals surface area contributed by atoms with Crippen molar-refractivity contribution in [2.24, 2.45) is 11.8 Å². The van der Waals surface area contributed by atoms with Crippen LogP contribution in [0, 0.1) is 18.8 Å². The number of carbonyl (C=O) groups excluding carboxylic acids is 3. The minimum atomic E-state index is -0.562. The highest BCUT2D eigenvalue weighted by Gasteiger charge is 2.37. The summed E-state index contributed by atoms with van der Waals surface area (Å²) >= 11 is 0. The van der Waals surface area contributed by atoms with Gasteiger partial charge < -0.3 is 29.3 Å². The first-order valence-corrected chi connectivity index (χ1v) is 20.0. The van der Waals surface area contributed by atoms with E-state index < -0.39 is 11.7 Å². The van der Waals surface area contributed by atoms with Gasteiger partial charge in [-0.05, 0) is 139 Å². The summed E-state index contributed by atoms with van der Waals surface area (Å²) in [6.07, 6.45) is 12.3. The number of hydrogen-bond donors (Lipinski definition) is 1. The lowest BCUT2D eigenvalue weighted by atomic mass is 9.78. The minimum absolute atomic E-state index is 0.137. The fourth-order valence-electron chi connectivity index (χ4n) is 8.34. The lowest BCUT2D eigenvalue weighted by Gasteiger charge is -2.40. The molecule has 7 rings (SSSR count). The normalized spacial score (nSPS) is 23.2. The highest BCUT2D eigenvalue weighted by molar-refractivity contribution is 5.95. The highest BCUT2D eigenvalue weighted by atomic mass is 16.6. The van der Waals surface area contributed by atoms with Crippen LogP contribution in [0.3, 0.4) is 0 Å². The Morgan fingerprint density at radius 3 is 2.31 bits per heavy atom. The Hall–Kier alpha value is -4.54. The van der Waals surface area contributed by atoms with E-state index in [4.69, 9.17) is 14.2 Å². The summed E-state index contributed by atoms with van der Waals surface area (Å²) in [6, 6.07) is 15.3. The maximum absolute atomic E-state index is 14.5. The van der Waals surface area contributed by atoms with Crippen molar-refractivity contribution in [3.8, 4) is 16.9 Å². The van der Waals surface area contributed by atoms with Crippen molar-refractivity contribution < 1.29 is 28.6 Å². The molecule has 54 heavy (non-hydrogen) atoms. The maximum atomic E-state index is 14.5. The number of alkyl carbamates (subject to hydrolysis) is 1. The standard InChI is InChI=1S/C43H57N5O6/c1-28-21-33(15-20-39(28)52-5)30-11-9-29(10-12-30)24-47(37-8-6-7-32(22-37)34-23-44-48(25-34)36-16-17-36)40(49)31-13-18-38(19-14-31)53-41(50)45-35-26-46(27-35)42(51)54-43(2,3)4/h6-8,15,20-23,25,29-31,35-36,38H,9-14,16-19,24,26-27H2,1-5H3,(H,45,50)/t29-,30-,31-,38-. The van der Waals surface area contributed by atoms with Crippen LogP contribution in [-0.4, -0.2) is 77.3 Å². The van der Waals surface area contributed by atoms with Crippen LogP contribution in [-0.2, 0) is 14.3 Å². The molecule has 1 aliphatic heterocycles. The van der Waals surface area contributed by atoms with E-state index in [-0.39, 0.29) is 30.1 Å². The first-order chi connectivity index (χ1) is 25.9. The van der Waals surface area contributed by atoms with Gasteiger partial charge in [0, 0.05) is 43.0 Å². The van der Waals surface area contributed by atoms with Crippen molar-refractivity contribution in [1.82, 2.24) is 20.0 Å². The van der Waals surface area contributed by atoms with Gasteiger partial charge in [-0.25, -0.2) is 9.59 Å². The molecule has 0 spiro atoms. The number of aromatic nitrogens is 2. The zero-order chi connectivity index (χ0) is 38.0. The topological polar surface area (TPSA) is 115 Å². The second-order valence-corrected chi connectivity index (χ2v) is 17.0. The summed E-state index contributed by atoms with van der Waals surface area (Å²) in [5.74, 6) is 1.87. The van der Waals surface area contributed by atoms with Gasteiger partial charge in [0.1, 0.15) is 17.5 Å². The number of rotatable bonds is 10. The van der Waals surface area contributed by atoms with E-state index in [0.717, 1.165) is 48.2 Å². The van der Waals surface area contributed by atoms with Gasteiger partial charge >= 0.3 is 12.2 Å². The lowest BCUT2D eigenvalue weighted by molar-refractivity contribution is -0.124. The third-order valence-electron chi connectivity index (χ3n) is 11.6. The van der Waals surface area contributed by atoms with Gasteiger partial charge in [-0.2, -0.15) is 5.10 Å². The predicted molar refractivity (Wildman–Crippen MR) is 208 cm³/mol. The molecule has 290 valence electrons. The molecular formula is C43H57N5O6. The monoisotopic (exact) mass is 739 g/mol. The average Bonchev–Trinajstić information content (AvgIpc) is 3.87. The molecule has 0 unspecified atom stereocenters. The van der Waals surface area contributed by atoms with Crippen LogP contribution >= 0.6 is 0 Å². The number of amides is 3. The van der Waals surface area contributed by atoms with E-state index in [1.807, 2.05) is 27.0 Å². The Balaban J connectivity index is 0.968. The van der Waals surface area contributed by atoms with Gasteiger partial charge in [0.15, 0.2) is 0 Å². The number of benzene rings is 2. The zero-order valence-corrected chi connectivity index (χ0v) is 32.6. The molecule has 0 radical (unpaired) electrons. The maximum Gasteiger partial charge on any atom is 0.410 e. The number of nitrogens with zero attached hydrogens (tertiary/aromatic N) is 4. The molecule has 4 fully saturated rings. The number of ether oxygens (including phenoxy) is 3. The molecule has 2 aromatic carbocycles. The van der Waals surface area contributed by atoms with E-state index >= 15 is 0 Å². The predicted octanol–water partition coefficient (Wildman–Crippen LogP) is 8.41. The number of nitrogens with one attached hydrogen (secondary N) is 1. The molecule has 4 aliphatic rings. The van der Waals surface area contributed by atoms with Crippen LogP contribution < -0.4 is 15.0 Å². The minimum Gasteiger partial charge on any atom is -0.496 e. The molecule has 3 aromatic rings. The molecule has 1 aromatic heterocycles. The summed E-state index contributed by atoms with van der Waals surface area (Å²) in [4.78, 5) is 43.2. The summed E-state index contributed by atoms with van der Waals surface area (Å²) in [7, 11) is 1.72.